The lowest BCUT2D eigenvalue weighted by atomic mass is 10.1. The number of nitrogens with one attached hydrogen (secondary N) is 2. The molecule has 2 rings (SSSR count). The van der Waals surface area contributed by atoms with E-state index in [-0.39, 0.29) is 12.6 Å². The molecule has 6 nitrogen and oxygen atoms in total. The van der Waals surface area contributed by atoms with Crippen LogP contribution in [0, 0.1) is 5.41 Å². The van der Waals surface area contributed by atoms with Gasteiger partial charge < -0.3 is 20.6 Å². The lowest BCUT2D eigenvalue weighted by molar-refractivity contribution is -0.143. The number of carboxylic acids is 1. The second kappa shape index (κ2) is 4.29. The maximum Gasteiger partial charge on any atom is 0.317 e. The molecule has 2 fully saturated rings. The van der Waals surface area contributed by atoms with Crippen molar-refractivity contribution in [3.8, 4) is 0 Å². The van der Waals surface area contributed by atoms with E-state index in [0.717, 1.165) is 13.1 Å². The van der Waals surface area contributed by atoms with Crippen LogP contribution in [0.25, 0.3) is 0 Å². The van der Waals surface area contributed by atoms with Crippen LogP contribution in [0.3, 0.4) is 0 Å². The number of urea groups is 1. The number of amides is 2. The van der Waals surface area contributed by atoms with Crippen molar-refractivity contribution in [3.63, 3.8) is 0 Å². The van der Waals surface area contributed by atoms with Crippen molar-refractivity contribution in [2.24, 2.45) is 5.41 Å². The highest BCUT2D eigenvalue weighted by Gasteiger charge is 2.50. The molecule has 0 aromatic heterocycles. The minimum absolute atomic E-state index is 0.144. The average molecular weight is 227 g/mol. The normalized spacial score (nSPS) is 22.6. The number of carboxylic acid groups (broad SMARTS) is 1. The molecular formula is C10H17N3O3. The fraction of sp³-hybridized carbons (Fsp3) is 0.800. The number of rotatable bonds is 3. The third-order valence-electron chi connectivity index (χ3n) is 3.29. The third kappa shape index (κ3) is 2.27. The Labute approximate surface area is 94.0 Å². The predicted octanol–water partition coefficient (Wildman–Crippen LogP) is -0.534. The fourth-order valence-electron chi connectivity index (χ4n) is 1.84. The molecule has 0 spiro atoms. The van der Waals surface area contributed by atoms with Crippen LogP contribution in [0.2, 0.25) is 0 Å². The van der Waals surface area contributed by atoms with Crippen LogP contribution in [0.1, 0.15) is 12.8 Å². The van der Waals surface area contributed by atoms with Gasteiger partial charge in [-0.1, -0.05) is 0 Å². The first-order valence-electron chi connectivity index (χ1n) is 5.61. The van der Waals surface area contributed by atoms with Crippen molar-refractivity contribution in [2.75, 3.05) is 32.7 Å². The van der Waals surface area contributed by atoms with Gasteiger partial charge in [-0.2, -0.15) is 0 Å². The molecule has 1 saturated carbocycles. The molecule has 90 valence electrons. The van der Waals surface area contributed by atoms with Gasteiger partial charge in [0.1, 0.15) is 0 Å². The van der Waals surface area contributed by atoms with E-state index in [1.54, 1.807) is 4.90 Å². The number of aliphatic carboxylic acids is 1. The van der Waals surface area contributed by atoms with Gasteiger partial charge in [0.25, 0.3) is 0 Å². The van der Waals surface area contributed by atoms with E-state index in [9.17, 15) is 9.59 Å². The average Bonchev–Trinajstić information content (AvgIpc) is 3.08. The first kappa shape index (κ1) is 11.2. The second-order valence-corrected chi connectivity index (χ2v) is 4.48. The number of carbonyl (C=O) groups is 2. The topological polar surface area (TPSA) is 81.7 Å². The molecule has 0 aromatic carbocycles. The number of carbonyl (C=O) groups excluding carboxylic acids is 1. The molecule has 0 unspecified atom stereocenters. The van der Waals surface area contributed by atoms with Crippen molar-refractivity contribution in [2.45, 2.75) is 12.8 Å². The van der Waals surface area contributed by atoms with E-state index in [0.29, 0.717) is 25.9 Å². The Bertz CT molecular complexity index is 296. The van der Waals surface area contributed by atoms with Gasteiger partial charge in [-0.05, 0) is 12.8 Å². The maximum absolute atomic E-state index is 11.7. The van der Waals surface area contributed by atoms with Gasteiger partial charge in [-0.15, -0.1) is 0 Å². The highest BCUT2D eigenvalue weighted by atomic mass is 16.4. The summed E-state index contributed by atoms with van der Waals surface area (Å²) in [5, 5.41) is 14.8. The van der Waals surface area contributed by atoms with Crippen molar-refractivity contribution >= 4 is 12.0 Å². The number of piperazine rings is 1. The quantitative estimate of drug-likeness (QED) is 0.605. The molecule has 0 atom stereocenters. The maximum atomic E-state index is 11.7. The van der Waals surface area contributed by atoms with Crippen LogP contribution in [0.15, 0.2) is 0 Å². The third-order valence-corrected chi connectivity index (χ3v) is 3.29. The summed E-state index contributed by atoms with van der Waals surface area (Å²) >= 11 is 0. The largest absolute Gasteiger partial charge is 0.481 e. The zero-order valence-corrected chi connectivity index (χ0v) is 9.16. The fourth-order valence-corrected chi connectivity index (χ4v) is 1.84. The molecule has 3 N–H and O–H groups in total. The van der Waals surface area contributed by atoms with Gasteiger partial charge in [-0.3, -0.25) is 4.79 Å². The van der Waals surface area contributed by atoms with Gasteiger partial charge in [0.15, 0.2) is 0 Å². The first-order valence-corrected chi connectivity index (χ1v) is 5.61. The summed E-state index contributed by atoms with van der Waals surface area (Å²) in [6, 6.07) is -0.144. The lowest BCUT2D eigenvalue weighted by Gasteiger charge is -2.28. The van der Waals surface area contributed by atoms with Crippen molar-refractivity contribution < 1.29 is 14.7 Å². The Hall–Kier alpha value is -1.30. The molecule has 0 aromatic rings. The lowest BCUT2D eigenvalue weighted by Crippen LogP contribution is -2.51. The first-order chi connectivity index (χ1) is 7.64. The highest BCUT2D eigenvalue weighted by molar-refractivity contribution is 5.80. The van der Waals surface area contributed by atoms with E-state index < -0.39 is 11.4 Å². The Morgan fingerprint density at radius 2 is 1.94 bits per heavy atom. The summed E-state index contributed by atoms with van der Waals surface area (Å²) in [5.74, 6) is -0.798. The Morgan fingerprint density at radius 1 is 1.31 bits per heavy atom. The van der Waals surface area contributed by atoms with E-state index in [1.807, 2.05) is 0 Å². The monoisotopic (exact) mass is 227 g/mol. The van der Waals surface area contributed by atoms with Gasteiger partial charge in [0.05, 0.1) is 5.41 Å². The summed E-state index contributed by atoms with van der Waals surface area (Å²) in [6.45, 7) is 3.23. The van der Waals surface area contributed by atoms with Crippen LogP contribution in [-0.4, -0.2) is 54.7 Å². The minimum Gasteiger partial charge on any atom is -0.481 e. The van der Waals surface area contributed by atoms with E-state index >= 15 is 0 Å². The molecule has 16 heavy (non-hydrogen) atoms. The molecular weight excluding hydrogens is 210 g/mol. The van der Waals surface area contributed by atoms with E-state index in [2.05, 4.69) is 10.6 Å². The van der Waals surface area contributed by atoms with Gasteiger partial charge in [0.2, 0.25) is 0 Å². The van der Waals surface area contributed by atoms with Crippen molar-refractivity contribution in [1.82, 2.24) is 15.5 Å². The molecule has 1 heterocycles. The summed E-state index contributed by atoms with van der Waals surface area (Å²) in [6.07, 6.45) is 1.34. The standard InChI is InChI=1S/C10H17N3O3/c14-8(15)10(1-2-10)7-12-9(16)13-5-3-11-4-6-13/h11H,1-7H2,(H,12,16)(H,14,15). The summed E-state index contributed by atoms with van der Waals surface area (Å²) in [7, 11) is 0. The Morgan fingerprint density at radius 3 is 2.44 bits per heavy atom. The minimum atomic E-state index is -0.798. The van der Waals surface area contributed by atoms with Crippen LogP contribution >= 0.6 is 0 Å². The molecule has 0 bridgehead atoms. The smallest absolute Gasteiger partial charge is 0.317 e. The molecule has 1 aliphatic heterocycles. The highest BCUT2D eigenvalue weighted by Crippen LogP contribution is 2.45. The molecule has 2 aliphatic rings. The molecule has 0 radical (unpaired) electrons. The SMILES string of the molecule is O=C(NCC1(C(=O)O)CC1)N1CCNCC1. The Balaban J connectivity index is 1.77. The predicted molar refractivity (Wildman–Crippen MR) is 57.1 cm³/mol. The van der Waals surface area contributed by atoms with Crippen molar-refractivity contribution in [3.05, 3.63) is 0 Å². The number of nitrogens with zero attached hydrogens (tertiary/aromatic N) is 1. The molecule has 2 amide bonds. The van der Waals surface area contributed by atoms with Crippen molar-refractivity contribution in [1.29, 1.82) is 0 Å². The van der Waals surface area contributed by atoms with Crippen LogP contribution < -0.4 is 10.6 Å². The summed E-state index contributed by atoms with van der Waals surface area (Å²) in [5.41, 5.74) is -0.677. The molecule has 6 heteroatoms. The van der Waals surface area contributed by atoms with Crippen LogP contribution in [0.4, 0.5) is 4.79 Å². The van der Waals surface area contributed by atoms with Gasteiger partial charge >= 0.3 is 12.0 Å². The summed E-state index contributed by atoms with van der Waals surface area (Å²) < 4.78 is 0. The second-order valence-electron chi connectivity index (χ2n) is 4.48. The molecule has 1 saturated heterocycles. The van der Waals surface area contributed by atoms with Crippen LogP contribution in [0.5, 0.6) is 0 Å². The van der Waals surface area contributed by atoms with Gasteiger partial charge in [-0.25, -0.2) is 4.79 Å². The Kier molecular flexibility index (Phi) is 3.00. The van der Waals surface area contributed by atoms with Gasteiger partial charge in [0, 0.05) is 32.7 Å². The van der Waals surface area contributed by atoms with Crippen LogP contribution in [-0.2, 0) is 4.79 Å². The zero-order valence-electron chi connectivity index (χ0n) is 9.16. The number of hydrogen-bond acceptors (Lipinski definition) is 3. The summed E-state index contributed by atoms with van der Waals surface area (Å²) in [4.78, 5) is 24.3. The van der Waals surface area contributed by atoms with E-state index in [4.69, 9.17) is 5.11 Å². The zero-order chi connectivity index (χ0) is 11.6. The molecule has 1 aliphatic carbocycles. The number of hydrogen-bond donors (Lipinski definition) is 3. The van der Waals surface area contributed by atoms with E-state index in [1.165, 1.54) is 0 Å².